The number of hydrogen-bond acceptors (Lipinski definition) is 3. The van der Waals surface area contributed by atoms with Crippen LogP contribution in [0, 0.1) is 6.92 Å². The molecule has 64 valence electrons. The van der Waals surface area contributed by atoms with Crippen LogP contribution in [-0.4, -0.2) is 4.98 Å². The molecule has 0 radical (unpaired) electrons. The van der Waals surface area contributed by atoms with Gasteiger partial charge in [0.1, 0.15) is 5.76 Å². The van der Waals surface area contributed by atoms with Crippen LogP contribution in [0.5, 0.6) is 0 Å². The Balaban J connectivity index is 2.36. The Bertz CT molecular complexity index is 306. The largest absolute Gasteiger partial charge is 0.446 e. The number of rotatable bonds is 1. The molecule has 0 amide bonds. The van der Waals surface area contributed by atoms with Gasteiger partial charge in [0, 0.05) is 0 Å². The molecule has 0 aromatic carbocycles. The number of nitrogens with zero attached hydrogens (tertiary/aromatic N) is 1. The van der Waals surface area contributed by atoms with Crippen LogP contribution in [0.1, 0.15) is 24.3 Å². The van der Waals surface area contributed by atoms with E-state index in [4.69, 9.17) is 10.2 Å². The van der Waals surface area contributed by atoms with E-state index in [2.05, 4.69) is 17.1 Å². The molecule has 3 nitrogen and oxygen atoms in total. The third-order valence-corrected chi connectivity index (χ3v) is 2.33. The highest BCUT2D eigenvalue weighted by atomic mass is 16.3. The second kappa shape index (κ2) is 2.45. The summed E-state index contributed by atoms with van der Waals surface area (Å²) >= 11 is 0. The normalized spacial score (nSPS) is 20.2. The monoisotopic (exact) mass is 164 g/mol. The molecule has 0 bridgehead atoms. The van der Waals surface area contributed by atoms with Gasteiger partial charge in [0.2, 0.25) is 0 Å². The van der Waals surface area contributed by atoms with Crippen molar-refractivity contribution in [2.24, 2.45) is 5.73 Å². The molecule has 0 spiro atoms. The standard InChI is InChI=1S/C9H12N2O/c1-7-8(12-6-11-7)9(10)4-2-3-5-9/h2-3,6H,4-5,10H2,1H3. The van der Waals surface area contributed by atoms with Crippen LogP contribution in [0.2, 0.25) is 0 Å². The first-order valence-corrected chi connectivity index (χ1v) is 4.07. The molecule has 1 aliphatic rings. The van der Waals surface area contributed by atoms with Crippen molar-refractivity contribution in [3.8, 4) is 0 Å². The van der Waals surface area contributed by atoms with E-state index in [9.17, 15) is 0 Å². The molecular weight excluding hydrogens is 152 g/mol. The van der Waals surface area contributed by atoms with Gasteiger partial charge in [-0.25, -0.2) is 4.98 Å². The van der Waals surface area contributed by atoms with Gasteiger partial charge in [0.25, 0.3) is 0 Å². The van der Waals surface area contributed by atoms with Crippen molar-refractivity contribution in [1.82, 2.24) is 4.98 Å². The quantitative estimate of drug-likeness (QED) is 0.640. The summed E-state index contributed by atoms with van der Waals surface area (Å²) in [6, 6.07) is 0. The first kappa shape index (κ1) is 7.55. The molecular formula is C9H12N2O. The fourth-order valence-corrected chi connectivity index (χ4v) is 1.64. The van der Waals surface area contributed by atoms with Gasteiger partial charge in [-0.1, -0.05) is 12.2 Å². The molecule has 1 heterocycles. The third kappa shape index (κ3) is 0.975. The summed E-state index contributed by atoms with van der Waals surface area (Å²) in [6.45, 7) is 1.92. The summed E-state index contributed by atoms with van der Waals surface area (Å²) < 4.78 is 5.28. The maximum atomic E-state index is 6.13. The molecule has 1 aliphatic carbocycles. The SMILES string of the molecule is Cc1ncoc1C1(N)CC=CC1. The minimum Gasteiger partial charge on any atom is -0.446 e. The van der Waals surface area contributed by atoms with Crippen LogP contribution < -0.4 is 5.73 Å². The number of hydrogen-bond donors (Lipinski definition) is 1. The molecule has 0 fully saturated rings. The topological polar surface area (TPSA) is 52.0 Å². The van der Waals surface area contributed by atoms with Gasteiger partial charge in [0.05, 0.1) is 11.2 Å². The molecule has 2 rings (SSSR count). The number of aryl methyl sites for hydroxylation is 1. The number of aromatic nitrogens is 1. The Labute approximate surface area is 71.3 Å². The Hall–Kier alpha value is -1.09. The highest BCUT2D eigenvalue weighted by Gasteiger charge is 2.33. The Kier molecular flexibility index (Phi) is 1.54. The van der Waals surface area contributed by atoms with E-state index in [1.807, 2.05) is 6.92 Å². The van der Waals surface area contributed by atoms with Gasteiger partial charge in [-0.05, 0) is 19.8 Å². The number of nitrogens with two attached hydrogens (primary N) is 1. The van der Waals surface area contributed by atoms with Crippen molar-refractivity contribution in [3.05, 3.63) is 30.0 Å². The zero-order chi connectivity index (χ0) is 8.60. The predicted octanol–water partition coefficient (Wildman–Crippen LogP) is 1.49. The summed E-state index contributed by atoms with van der Waals surface area (Å²) in [5.41, 5.74) is 6.70. The maximum absolute atomic E-state index is 6.13. The second-order valence-corrected chi connectivity index (χ2v) is 3.30. The van der Waals surface area contributed by atoms with Crippen molar-refractivity contribution in [2.45, 2.75) is 25.3 Å². The van der Waals surface area contributed by atoms with Crippen LogP contribution in [0.25, 0.3) is 0 Å². The number of oxazole rings is 1. The van der Waals surface area contributed by atoms with Crippen LogP contribution in [0.3, 0.4) is 0 Å². The molecule has 0 aliphatic heterocycles. The molecule has 0 saturated heterocycles. The fraction of sp³-hybridized carbons (Fsp3) is 0.444. The van der Waals surface area contributed by atoms with Crippen LogP contribution >= 0.6 is 0 Å². The third-order valence-electron chi connectivity index (χ3n) is 2.33. The van der Waals surface area contributed by atoms with Crippen LogP contribution in [0.15, 0.2) is 23.0 Å². The Morgan fingerprint density at radius 1 is 1.50 bits per heavy atom. The summed E-state index contributed by atoms with van der Waals surface area (Å²) in [6.07, 6.45) is 7.33. The Morgan fingerprint density at radius 3 is 2.67 bits per heavy atom. The lowest BCUT2D eigenvalue weighted by Crippen LogP contribution is -2.33. The summed E-state index contributed by atoms with van der Waals surface area (Å²) in [5, 5.41) is 0. The van der Waals surface area contributed by atoms with E-state index >= 15 is 0 Å². The predicted molar refractivity (Wildman–Crippen MR) is 45.5 cm³/mol. The summed E-state index contributed by atoms with van der Waals surface area (Å²) in [4.78, 5) is 4.03. The van der Waals surface area contributed by atoms with Crippen molar-refractivity contribution in [1.29, 1.82) is 0 Å². The molecule has 12 heavy (non-hydrogen) atoms. The molecule has 1 aromatic heterocycles. The maximum Gasteiger partial charge on any atom is 0.181 e. The highest BCUT2D eigenvalue weighted by Crippen LogP contribution is 2.32. The summed E-state index contributed by atoms with van der Waals surface area (Å²) in [5.74, 6) is 0.826. The lowest BCUT2D eigenvalue weighted by Gasteiger charge is -2.20. The second-order valence-electron chi connectivity index (χ2n) is 3.30. The lowest BCUT2D eigenvalue weighted by atomic mass is 9.94. The molecule has 0 saturated carbocycles. The first-order chi connectivity index (χ1) is 5.72. The smallest absolute Gasteiger partial charge is 0.181 e. The highest BCUT2D eigenvalue weighted by molar-refractivity contribution is 5.22. The molecule has 0 unspecified atom stereocenters. The molecule has 3 heteroatoms. The van der Waals surface area contributed by atoms with Crippen molar-refractivity contribution >= 4 is 0 Å². The van der Waals surface area contributed by atoms with Crippen LogP contribution in [0.4, 0.5) is 0 Å². The molecule has 0 atom stereocenters. The fourth-order valence-electron chi connectivity index (χ4n) is 1.64. The van der Waals surface area contributed by atoms with E-state index in [1.165, 1.54) is 6.39 Å². The average molecular weight is 164 g/mol. The van der Waals surface area contributed by atoms with Gasteiger partial charge in [0.15, 0.2) is 6.39 Å². The minimum atomic E-state index is -0.333. The Morgan fingerprint density at radius 2 is 2.17 bits per heavy atom. The van der Waals surface area contributed by atoms with Gasteiger partial charge < -0.3 is 10.2 Å². The van der Waals surface area contributed by atoms with Gasteiger partial charge >= 0.3 is 0 Å². The lowest BCUT2D eigenvalue weighted by molar-refractivity contribution is 0.356. The zero-order valence-electron chi connectivity index (χ0n) is 7.08. The van der Waals surface area contributed by atoms with Gasteiger partial charge in [-0.3, -0.25) is 0 Å². The van der Waals surface area contributed by atoms with Crippen molar-refractivity contribution < 1.29 is 4.42 Å². The van der Waals surface area contributed by atoms with Gasteiger partial charge in [-0.2, -0.15) is 0 Å². The van der Waals surface area contributed by atoms with Gasteiger partial charge in [-0.15, -0.1) is 0 Å². The minimum absolute atomic E-state index is 0.333. The van der Waals surface area contributed by atoms with Crippen molar-refractivity contribution in [2.75, 3.05) is 0 Å². The average Bonchev–Trinajstić information content (AvgIpc) is 2.59. The van der Waals surface area contributed by atoms with Crippen molar-refractivity contribution in [3.63, 3.8) is 0 Å². The van der Waals surface area contributed by atoms with E-state index in [-0.39, 0.29) is 5.54 Å². The van der Waals surface area contributed by atoms with E-state index in [0.29, 0.717) is 0 Å². The molecule has 2 N–H and O–H groups in total. The van der Waals surface area contributed by atoms with E-state index in [1.54, 1.807) is 0 Å². The first-order valence-electron chi connectivity index (χ1n) is 4.07. The zero-order valence-corrected chi connectivity index (χ0v) is 7.08. The molecule has 1 aromatic rings. The van der Waals surface area contributed by atoms with Crippen LogP contribution in [-0.2, 0) is 5.54 Å². The summed E-state index contributed by atoms with van der Waals surface area (Å²) in [7, 11) is 0. The van der Waals surface area contributed by atoms with E-state index in [0.717, 1.165) is 24.3 Å². The van der Waals surface area contributed by atoms with E-state index < -0.39 is 0 Å².